The Bertz CT molecular complexity index is 603. The first-order valence-electron chi connectivity index (χ1n) is 8.30. The van der Waals surface area contributed by atoms with Gasteiger partial charge in [0.2, 0.25) is 0 Å². The number of nitrogens with zero attached hydrogens (tertiary/aromatic N) is 2. The van der Waals surface area contributed by atoms with Gasteiger partial charge in [0.05, 0.1) is 0 Å². The molecule has 1 atom stereocenters. The van der Waals surface area contributed by atoms with Crippen molar-refractivity contribution in [3.8, 4) is 5.75 Å². The van der Waals surface area contributed by atoms with Gasteiger partial charge >= 0.3 is 7.67 Å². The Morgan fingerprint density at radius 1 is 1.00 bits per heavy atom. The summed E-state index contributed by atoms with van der Waals surface area (Å²) in [6, 6.07) is 9.37. The zero-order valence-electron chi connectivity index (χ0n) is 15.8. The van der Waals surface area contributed by atoms with Crippen molar-refractivity contribution in [1.82, 2.24) is 9.34 Å². The smallest absolute Gasteiger partial charge is 0.395 e. The highest BCUT2D eigenvalue weighted by Crippen LogP contribution is 2.52. The summed E-state index contributed by atoms with van der Waals surface area (Å²) in [5, 5.41) is 0. The summed E-state index contributed by atoms with van der Waals surface area (Å²) < 4.78 is 23.3. The van der Waals surface area contributed by atoms with Crippen LogP contribution in [0.5, 0.6) is 5.75 Å². The number of benzene rings is 1. The molecule has 4 nitrogen and oxygen atoms in total. The summed E-state index contributed by atoms with van der Waals surface area (Å²) in [6.07, 6.45) is 5.06. The van der Waals surface area contributed by atoms with Crippen LogP contribution in [0.25, 0.3) is 0 Å². The van der Waals surface area contributed by atoms with Crippen LogP contribution in [0.2, 0.25) is 0 Å². The molecular weight excluding hydrogens is 319 g/mol. The van der Waals surface area contributed by atoms with Gasteiger partial charge in [-0.15, -0.1) is 0 Å². The molecule has 0 aliphatic carbocycles. The van der Waals surface area contributed by atoms with Crippen molar-refractivity contribution in [1.29, 1.82) is 0 Å². The lowest BCUT2D eigenvalue weighted by atomic mass is 10.3. The minimum Gasteiger partial charge on any atom is -0.422 e. The Morgan fingerprint density at radius 3 is 2.12 bits per heavy atom. The molecule has 24 heavy (non-hydrogen) atoms. The van der Waals surface area contributed by atoms with E-state index in [2.05, 4.69) is 26.0 Å². The summed E-state index contributed by atoms with van der Waals surface area (Å²) in [5.41, 5.74) is 2.46. The van der Waals surface area contributed by atoms with Crippen molar-refractivity contribution < 1.29 is 9.09 Å². The van der Waals surface area contributed by atoms with Crippen LogP contribution < -0.4 is 4.52 Å². The molecule has 0 bridgehead atoms. The third-order valence-corrected chi connectivity index (χ3v) is 6.14. The predicted octanol–water partition coefficient (Wildman–Crippen LogP) is 5.36. The molecule has 0 spiro atoms. The van der Waals surface area contributed by atoms with Gasteiger partial charge in [-0.05, 0) is 60.3 Å². The van der Waals surface area contributed by atoms with Gasteiger partial charge in [-0.2, -0.15) is 0 Å². The number of allylic oxidation sites excluding steroid dienone is 2. The van der Waals surface area contributed by atoms with Crippen LogP contribution in [0.15, 0.2) is 53.6 Å². The Morgan fingerprint density at radius 2 is 1.58 bits per heavy atom. The maximum Gasteiger partial charge on any atom is 0.395 e. The van der Waals surface area contributed by atoms with E-state index in [4.69, 9.17) is 4.52 Å². The van der Waals surface area contributed by atoms with E-state index in [0.717, 1.165) is 6.42 Å². The summed E-state index contributed by atoms with van der Waals surface area (Å²) in [4.78, 5) is 0. The summed E-state index contributed by atoms with van der Waals surface area (Å²) >= 11 is 0. The van der Waals surface area contributed by atoms with Crippen LogP contribution in [-0.4, -0.2) is 36.5 Å². The normalized spacial score (nSPS) is 13.5. The topological polar surface area (TPSA) is 32.8 Å². The highest BCUT2D eigenvalue weighted by molar-refractivity contribution is 7.54. The van der Waals surface area contributed by atoms with E-state index in [1.54, 1.807) is 4.67 Å². The van der Waals surface area contributed by atoms with Gasteiger partial charge in [-0.25, -0.2) is 13.9 Å². The Kier molecular flexibility index (Phi) is 8.47. The minimum atomic E-state index is -3.15. The van der Waals surface area contributed by atoms with Crippen LogP contribution in [-0.2, 0) is 4.57 Å². The van der Waals surface area contributed by atoms with Crippen LogP contribution >= 0.6 is 7.67 Å². The minimum absolute atomic E-state index is 0.583. The molecule has 0 saturated heterocycles. The highest BCUT2D eigenvalue weighted by Gasteiger charge is 2.35. The number of hydrogen-bond donors (Lipinski definition) is 0. The first-order valence-corrected chi connectivity index (χ1v) is 9.83. The van der Waals surface area contributed by atoms with Crippen molar-refractivity contribution >= 4 is 7.67 Å². The molecule has 0 fully saturated rings. The van der Waals surface area contributed by atoms with E-state index < -0.39 is 7.67 Å². The van der Waals surface area contributed by atoms with E-state index in [1.807, 2.05) is 62.9 Å². The molecular formula is C19H31N2O2P. The molecule has 0 aliphatic heterocycles. The summed E-state index contributed by atoms with van der Waals surface area (Å²) in [6.45, 7) is 9.47. The van der Waals surface area contributed by atoms with E-state index in [-0.39, 0.29) is 0 Å². The summed E-state index contributed by atoms with van der Waals surface area (Å²) in [5.74, 6) is 0.624. The first kappa shape index (κ1) is 20.7. The van der Waals surface area contributed by atoms with Gasteiger partial charge in [-0.3, -0.25) is 0 Å². The zero-order chi connectivity index (χ0) is 18.2. The van der Waals surface area contributed by atoms with Crippen molar-refractivity contribution in [2.24, 2.45) is 0 Å². The summed E-state index contributed by atoms with van der Waals surface area (Å²) in [7, 11) is 0.564. The fourth-order valence-corrected chi connectivity index (χ4v) is 3.96. The first-order chi connectivity index (χ1) is 11.3. The van der Waals surface area contributed by atoms with Crippen LogP contribution in [0.3, 0.4) is 0 Å². The molecule has 0 aromatic heterocycles. The second-order valence-corrected chi connectivity index (χ2v) is 9.00. The van der Waals surface area contributed by atoms with E-state index >= 15 is 0 Å². The lowest BCUT2D eigenvalue weighted by Gasteiger charge is -2.33. The van der Waals surface area contributed by atoms with Crippen molar-refractivity contribution in [2.45, 2.75) is 34.1 Å². The maximum atomic E-state index is 13.7. The Labute approximate surface area is 147 Å². The molecule has 0 N–H and O–H groups in total. The van der Waals surface area contributed by atoms with Crippen LogP contribution in [0, 0.1) is 0 Å². The monoisotopic (exact) mass is 350 g/mol. The quantitative estimate of drug-likeness (QED) is 0.443. The Hall–Kier alpha value is -1.35. The number of rotatable bonds is 9. The molecule has 0 aliphatic rings. The van der Waals surface area contributed by atoms with Gasteiger partial charge in [0.25, 0.3) is 0 Å². The van der Waals surface area contributed by atoms with E-state index in [9.17, 15) is 4.57 Å². The molecule has 1 rings (SSSR count). The standard InChI is InChI=1S/C19H31N2O2P/c1-17(2)11-10-15-20(5)24(22,21(6)16-14-18(3)4)23-19-12-8-7-9-13-19/h7-9,11-14H,10,15-16H2,1-6H3. The zero-order valence-corrected chi connectivity index (χ0v) is 16.7. The fourth-order valence-electron chi connectivity index (χ4n) is 2.10. The van der Waals surface area contributed by atoms with Gasteiger partial charge in [0, 0.05) is 13.1 Å². The van der Waals surface area contributed by atoms with Crippen molar-refractivity contribution in [3.05, 3.63) is 53.6 Å². The van der Waals surface area contributed by atoms with Crippen LogP contribution in [0.1, 0.15) is 34.1 Å². The van der Waals surface area contributed by atoms with Gasteiger partial charge in [-0.1, -0.05) is 41.5 Å². The number of para-hydroxylation sites is 1. The fraction of sp³-hybridized carbons (Fsp3) is 0.474. The van der Waals surface area contributed by atoms with Crippen LogP contribution in [0.4, 0.5) is 0 Å². The molecule has 0 amide bonds. The molecule has 0 saturated carbocycles. The number of likely N-dealkylation sites (N-methyl/N-ethyl adjacent to an activating group) is 1. The lowest BCUT2D eigenvalue weighted by molar-refractivity contribution is 0.324. The highest BCUT2D eigenvalue weighted by atomic mass is 31.2. The SMILES string of the molecule is CC(C)=CCCN(C)P(=O)(Oc1ccccc1)N(C)CC=C(C)C. The molecule has 0 radical (unpaired) electrons. The van der Waals surface area contributed by atoms with E-state index in [1.165, 1.54) is 11.1 Å². The van der Waals surface area contributed by atoms with Crippen molar-refractivity contribution in [3.63, 3.8) is 0 Å². The lowest BCUT2D eigenvalue weighted by Crippen LogP contribution is -2.30. The van der Waals surface area contributed by atoms with Gasteiger partial charge < -0.3 is 4.52 Å². The van der Waals surface area contributed by atoms with Gasteiger partial charge in [0.1, 0.15) is 5.75 Å². The predicted molar refractivity (Wildman–Crippen MR) is 103 cm³/mol. The Balaban J connectivity index is 2.98. The van der Waals surface area contributed by atoms with Crippen molar-refractivity contribution in [2.75, 3.05) is 27.2 Å². The molecule has 0 heterocycles. The maximum absolute atomic E-state index is 13.7. The largest absolute Gasteiger partial charge is 0.422 e. The van der Waals surface area contributed by atoms with Gasteiger partial charge in [0.15, 0.2) is 0 Å². The molecule has 1 unspecified atom stereocenters. The van der Waals surface area contributed by atoms with E-state index in [0.29, 0.717) is 18.8 Å². The molecule has 1 aromatic rings. The number of hydrogen-bond acceptors (Lipinski definition) is 2. The average molecular weight is 350 g/mol. The third-order valence-electron chi connectivity index (χ3n) is 3.60. The average Bonchev–Trinajstić information content (AvgIpc) is 2.52. The molecule has 134 valence electrons. The molecule has 5 heteroatoms. The second kappa shape index (κ2) is 9.83. The second-order valence-electron chi connectivity index (χ2n) is 6.47. The molecule has 1 aromatic carbocycles. The third kappa shape index (κ3) is 6.64.